The first-order valence-electron chi connectivity index (χ1n) is 7.32. The monoisotopic (exact) mass is 295 g/mol. The van der Waals surface area contributed by atoms with Gasteiger partial charge in [-0.05, 0) is 17.7 Å². The fourth-order valence-electron chi connectivity index (χ4n) is 2.66. The van der Waals surface area contributed by atoms with Crippen LogP contribution < -0.4 is 4.74 Å². The van der Waals surface area contributed by atoms with E-state index in [9.17, 15) is 5.11 Å². The van der Waals surface area contributed by atoms with Gasteiger partial charge >= 0.3 is 0 Å². The number of benzene rings is 1. The Bertz CT molecular complexity index is 438. The minimum atomic E-state index is 0.175. The zero-order valence-corrected chi connectivity index (χ0v) is 12.9. The number of hydrogen-bond donors (Lipinski definition) is 1. The fourth-order valence-corrected chi connectivity index (χ4v) is 2.66. The number of hydrogen-bond acceptors (Lipinski definition) is 5. The Hall–Kier alpha value is -1.14. The Morgan fingerprint density at radius 1 is 1.38 bits per heavy atom. The van der Waals surface area contributed by atoms with Crippen LogP contribution in [-0.2, 0) is 22.6 Å². The highest BCUT2D eigenvalue weighted by atomic mass is 16.5. The van der Waals surface area contributed by atoms with E-state index in [4.69, 9.17) is 14.2 Å². The van der Waals surface area contributed by atoms with Crippen molar-refractivity contribution < 1.29 is 19.3 Å². The highest BCUT2D eigenvalue weighted by Gasteiger charge is 2.18. The summed E-state index contributed by atoms with van der Waals surface area (Å²) in [7, 11) is 3.36. The molecule has 0 amide bonds. The molecule has 0 bridgehead atoms. The number of aliphatic hydroxyl groups is 1. The van der Waals surface area contributed by atoms with Crippen molar-refractivity contribution in [3.05, 3.63) is 29.3 Å². The normalized spacial score (nSPS) is 20.2. The largest absolute Gasteiger partial charge is 0.496 e. The van der Waals surface area contributed by atoms with E-state index in [-0.39, 0.29) is 12.5 Å². The van der Waals surface area contributed by atoms with Crippen LogP contribution in [0, 0.1) is 5.92 Å². The van der Waals surface area contributed by atoms with E-state index >= 15 is 0 Å². The smallest absolute Gasteiger partial charge is 0.124 e. The average Bonchev–Trinajstić information content (AvgIpc) is 2.73. The molecule has 2 rings (SSSR count). The van der Waals surface area contributed by atoms with Crippen molar-refractivity contribution in [2.24, 2.45) is 5.92 Å². The summed E-state index contributed by atoms with van der Waals surface area (Å²) < 4.78 is 16.1. The number of aliphatic hydroxyl groups excluding tert-OH is 1. The predicted molar refractivity (Wildman–Crippen MR) is 80.4 cm³/mol. The van der Waals surface area contributed by atoms with Gasteiger partial charge in [0.05, 0.1) is 26.9 Å². The number of rotatable bonds is 6. The first kappa shape index (κ1) is 16.2. The maximum atomic E-state index is 9.34. The lowest BCUT2D eigenvalue weighted by molar-refractivity contribution is 0.0958. The van der Waals surface area contributed by atoms with Gasteiger partial charge in [0.25, 0.3) is 0 Å². The molecular formula is C16H25NO4. The summed E-state index contributed by atoms with van der Waals surface area (Å²) in [5.74, 6) is 1.05. The number of methoxy groups -OCH3 is 2. The number of nitrogens with zero attached hydrogens (tertiary/aromatic N) is 1. The van der Waals surface area contributed by atoms with Gasteiger partial charge in [-0.15, -0.1) is 0 Å². The minimum Gasteiger partial charge on any atom is -0.496 e. The lowest BCUT2D eigenvalue weighted by Gasteiger charge is -2.22. The average molecular weight is 295 g/mol. The topological polar surface area (TPSA) is 51.2 Å². The van der Waals surface area contributed by atoms with Crippen LogP contribution in [0.5, 0.6) is 5.75 Å². The Balaban J connectivity index is 2.05. The van der Waals surface area contributed by atoms with Crippen molar-refractivity contribution >= 4 is 0 Å². The van der Waals surface area contributed by atoms with Gasteiger partial charge in [0.15, 0.2) is 0 Å². The van der Waals surface area contributed by atoms with Crippen LogP contribution in [0.15, 0.2) is 18.2 Å². The molecule has 1 unspecified atom stereocenters. The van der Waals surface area contributed by atoms with Crippen molar-refractivity contribution in [2.45, 2.75) is 13.2 Å². The maximum Gasteiger partial charge on any atom is 0.124 e. The van der Waals surface area contributed by atoms with E-state index in [2.05, 4.69) is 17.0 Å². The zero-order valence-electron chi connectivity index (χ0n) is 12.9. The van der Waals surface area contributed by atoms with Crippen molar-refractivity contribution in [1.29, 1.82) is 0 Å². The SMILES string of the molecule is COCc1cc(CN2CCOCC(CO)C2)ccc1OC. The lowest BCUT2D eigenvalue weighted by atomic mass is 10.1. The summed E-state index contributed by atoms with van der Waals surface area (Å²) in [4.78, 5) is 2.33. The second kappa shape index (κ2) is 8.34. The molecule has 5 heteroatoms. The van der Waals surface area contributed by atoms with Crippen LogP contribution in [0.4, 0.5) is 0 Å². The van der Waals surface area contributed by atoms with Crippen molar-refractivity contribution in [2.75, 3.05) is 47.1 Å². The van der Waals surface area contributed by atoms with Gasteiger partial charge in [-0.2, -0.15) is 0 Å². The van der Waals surface area contributed by atoms with Gasteiger partial charge in [0, 0.05) is 44.8 Å². The molecular weight excluding hydrogens is 270 g/mol. The first-order valence-corrected chi connectivity index (χ1v) is 7.32. The van der Waals surface area contributed by atoms with E-state index in [1.807, 2.05) is 6.07 Å². The Morgan fingerprint density at radius 2 is 2.24 bits per heavy atom. The molecule has 0 aromatic heterocycles. The van der Waals surface area contributed by atoms with Gasteiger partial charge < -0.3 is 19.3 Å². The number of ether oxygens (including phenoxy) is 3. The molecule has 0 spiro atoms. The summed E-state index contributed by atoms with van der Waals surface area (Å²) in [6.45, 7) is 4.68. The highest BCUT2D eigenvalue weighted by molar-refractivity contribution is 5.36. The fraction of sp³-hybridized carbons (Fsp3) is 0.625. The van der Waals surface area contributed by atoms with Crippen LogP contribution in [0.3, 0.4) is 0 Å². The van der Waals surface area contributed by atoms with Crippen LogP contribution in [0.1, 0.15) is 11.1 Å². The maximum absolute atomic E-state index is 9.34. The molecule has 0 saturated carbocycles. The summed E-state index contributed by atoms with van der Waals surface area (Å²) in [5, 5.41) is 9.34. The second-order valence-electron chi connectivity index (χ2n) is 5.44. The molecule has 1 fully saturated rings. The highest BCUT2D eigenvalue weighted by Crippen LogP contribution is 2.22. The quantitative estimate of drug-likeness (QED) is 0.857. The van der Waals surface area contributed by atoms with E-state index in [0.29, 0.717) is 13.2 Å². The lowest BCUT2D eigenvalue weighted by Crippen LogP contribution is -2.31. The zero-order chi connectivity index (χ0) is 15.1. The van der Waals surface area contributed by atoms with Crippen molar-refractivity contribution in [1.82, 2.24) is 4.90 Å². The van der Waals surface area contributed by atoms with Crippen LogP contribution in [-0.4, -0.2) is 57.1 Å². The first-order chi connectivity index (χ1) is 10.3. The minimum absolute atomic E-state index is 0.175. The van der Waals surface area contributed by atoms with Crippen LogP contribution >= 0.6 is 0 Å². The molecule has 0 aliphatic carbocycles. The molecule has 1 aliphatic heterocycles. The van der Waals surface area contributed by atoms with Gasteiger partial charge in [-0.1, -0.05) is 6.07 Å². The molecule has 1 heterocycles. The second-order valence-corrected chi connectivity index (χ2v) is 5.44. The van der Waals surface area contributed by atoms with Crippen molar-refractivity contribution in [3.63, 3.8) is 0 Å². The molecule has 0 radical (unpaired) electrons. The van der Waals surface area contributed by atoms with E-state index in [1.165, 1.54) is 5.56 Å². The molecule has 5 nitrogen and oxygen atoms in total. The molecule has 1 aliphatic rings. The molecule has 118 valence electrons. The Kier molecular flexibility index (Phi) is 6.45. The third-order valence-electron chi connectivity index (χ3n) is 3.73. The molecule has 1 N–H and O–H groups in total. The van der Waals surface area contributed by atoms with Gasteiger partial charge in [-0.3, -0.25) is 4.90 Å². The third kappa shape index (κ3) is 4.68. The van der Waals surface area contributed by atoms with Gasteiger partial charge in [0.1, 0.15) is 5.75 Å². The van der Waals surface area contributed by atoms with Gasteiger partial charge in [-0.25, -0.2) is 0 Å². The van der Waals surface area contributed by atoms with Gasteiger partial charge in [0.2, 0.25) is 0 Å². The summed E-state index contributed by atoms with van der Waals surface area (Å²) in [5.41, 5.74) is 2.28. The van der Waals surface area contributed by atoms with Crippen LogP contribution in [0.2, 0.25) is 0 Å². The summed E-state index contributed by atoms with van der Waals surface area (Å²) >= 11 is 0. The third-order valence-corrected chi connectivity index (χ3v) is 3.73. The standard InChI is InChI=1S/C16H25NO4/c1-19-12-15-7-13(3-4-16(15)20-2)8-17-5-6-21-11-14(9-17)10-18/h3-4,7,14,18H,5-6,8-12H2,1-2H3. The molecule has 21 heavy (non-hydrogen) atoms. The van der Waals surface area contributed by atoms with E-state index in [1.54, 1.807) is 14.2 Å². The van der Waals surface area contributed by atoms with E-state index < -0.39 is 0 Å². The molecule has 1 saturated heterocycles. The Morgan fingerprint density at radius 3 is 2.95 bits per heavy atom. The predicted octanol–water partition coefficient (Wildman–Crippen LogP) is 1.28. The van der Waals surface area contributed by atoms with E-state index in [0.717, 1.165) is 37.6 Å². The molecule has 1 atom stereocenters. The molecule has 1 aromatic rings. The molecule has 1 aromatic carbocycles. The summed E-state index contributed by atoms with van der Waals surface area (Å²) in [6, 6.07) is 6.20. The van der Waals surface area contributed by atoms with Crippen LogP contribution in [0.25, 0.3) is 0 Å². The van der Waals surface area contributed by atoms with Crippen molar-refractivity contribution in [3.8, 4) is 5.75 Å². The summed E-state index contributed by atoms with van der Waals surface area (Å²) in [6.07, 6.45) is 0. The Labute approximate surface area is 126 Å².